The van der Waals surface area contributed by atoms with Crippen LogP contribution in [0.25, 0.3) is 5.65 Å². The number of fused-ring (bicyclic) bond motifs is 1. The fraction of sp³-hybridized carbons (Fsp3) is 0.357. The molecule has 2 aromatic heterocycles. The van der Waals surface area contributed by atoms with E-state index in [0.717, 1.165) is 12.8 Å². The standard InChI is InChI=1S/C14H15N3O3/c18-13(19)8-10-4-3-7-17(10)14(20)11-9-16-6-2-1-5-12(16)15-11/h1-2,5-6,9-10H,3-4,7-8H2,(H,18,19). The van der Waals surface area contributed by atoms with E-state index in [9.17, 15) is 9.59 Å². The third kappa shape index (κ3) is 2.24. The SMILES string of the molecule is O=C(O)CC1CCCN1C(=O)c1cn2ccccc2n1. The van der Waals surface area contributed by atoms with Gasteiger partial charge in [-0.15, -0.1) is 0 Å². The predicted octanol–water partition coefficient (Wildman–Crippen LogP) is 1.41. The number of carbonyl (C=O) groups excluding carboxylic acids is 1. The molecule has 1 aliphatic heterocycles. The second-order valence-electron chi connectivity index (χ2n) is 4.98. The van der Waals surface area contributed by atoms with E-state index in [4.69, 9.17) is 5.11 Å². The Hall–Kier alpha value is -2.37. The number of hydrogen-bond acceptors (Lipinski definition) is 3. The normalized spacial score (nSPS) is 18.6. The molecule has 0 spiro atoms. The topological polar surface area (TPSA) is 74.9 Å². The molecule has 0 radical (unpaired) electrons. The van der Waals surface area contributed by atoms with E-state index in [2.05, 4.69) is 4.98 Å². The Morgan fingerprint density at radius 2 is 2.25 bits per heavy atom. The van der Waals surface area contributed by atoms with E-state index in [-0.39, 0.29) is 18.4 Å². The molecule has 1 aliphatic rings. The smallest absolute Gasteiger partial charge is 0.305 e. The predicted molar refractivity (Wildman–Crippen MR) is 71.5 cm³/mol. The zero-order valence-corrected chi connectivity index (χ0v) is 10.9. The molecule has 0 aliphatic carbocycles. The van der Waals surface area contributed by atoms with Crippen LogP contribution < -0.4 is 0 Å². The van der Waals surface area contributed by atoms with Crippen LogP contribution in [0.2, 0.25) is 0 Å². The lowest BCUT2D eigenvalue weighted by Crippen LogP contribution is -2.37. The molecule has 1 saturated heterocycles. The number of aromatic nitrogens is 2. The van der Waals surface area contributed by atoms with E-state index in [0.29, 0.717) is 17.9 Å². The summed E-state index contributed by atoms with van der Waals surface area (Å²) in [5.41, 5.74) is 1.08. The van der Waals surface area contributed by atoms with Gasteiger partial charge in [-0.2, -0.15) is 0 Å². The summed E-state index contributed by atoms with van der Waals surface area (Å²) in [6.45, 7) is 0.602. The number of carboxylic acids is 1. The average Bonchev–Trinajstić information content (AvgIpc) is 3.03. The molecular formula is C14H15N3O3. The number of rotatable bonds is 3. The van der Waals surface area contributed by atoms with E-state index in [1.165, 1.54) is 0 Å². The number of imidazole rings is 1. The Balaban J connectivity index is 1.85. The molecule has 104 valence electrons. The first kappa shape index (κ1) is 12.7. The molecule has 20 heavy (non-hydrogen) atoms. The second kappa shape index (κ2) is 4.96. The molecule has 1 atom stereocenters. The van der Waals surface area contributed by atoms with Gasteiger partial charge in [0.05, 0.1) is 6.42 Å². The number of likely N-dealkylation sites (tertiary alicyclic amines) is 1. The highest BCUT2D eigenvalue weighted by molar-refractivity contribution is 5.93. The molecule has 1 N–H and O–H groups in total. The average molecular weight is 273 g/mol. The van der Waals surface area contributed by atoms with Crippen LogP contribution in [-0.4, -0.2) is 43.9 Å². The molecule has 1 unspecified atom stereocenters. The van der Waals surface area contributed by atoms with Crippen LogP contribution in [0.3, 0.4) is 0 Å². The van der Waals surface area contributed by atoms with Gasteiger partial charge in [0.15, 0.2) is 0 Å². The van der Waals surface area contributed by atoms with Gasteiger partial charge in [0.1, 0.15) is 11.3 Å². The lowest BCUT2D eigenvalue weighted by atomic mass is 10.1. The lowest BCUT2D eigenvalue weighted by molar-refractivity contribution is -0.137. The maximum atomic E-state index is 12.5. The number of amides is 1. The minimum atomic E-state index is -0.871. The van der Waals surface area contributed by atoms with Crippen molar-refractivity contribution in [1.82, 2.24) is 14.3 Å². The number of carboxylic acid groups (broad SMARTS) is 1. The molecular weight excluding hydrogens is 258 g/mol. The summed E-state index contributed by atoms with van der Waals surface area (Å²) in [5.74, 6) is -1.05. The summed E-state index contributed by atoms with van der Waals surface area (Å²) >= 11 is 0. The summed E-state index contributed by atoms with van der Waals surface area (Å²) < 4.78 is 1.79. The van der Waals surface area contributed by atoms with Gasteiger partial charge in [-0.3, -0.25) is 9.59 Å². The van der Waals surface area contributed by atoms with Crippen LogP contribution in [-0.2, 0) is 4.79 Å². The van der Waals surface area contributed by atoms with Crippen molar-refractivity contribution < 1.29 is 14.7 Å². The Morgan fingerprint density at radius 3 is 3.00 bits per heavy atom. The van der Waals surface area contributed by atoms with Crippen molar-refractivity contribution in [3.63, 3.8) is 0 Å². The van der Waals surface area contributed by atoms with Gasteiger partial charge in [-0.05, 0) is 25.0 Å². The maximum absolute atomic E-state index is 12.5. The van der Waals surface area contributed by atoms with Crippen LogP contribution in [0.5, 0.6) is 0 Å². The Morgan fingerprint density at radius 1 is 1.40 bits per heavy atom. The van der Waals surface area contributed by atoms with Gasteiger partial charge >= 0.3 is 5.97 Å². The minimum Gasteiger partial charge on any atom is -0.481 e. The Bertz CT molecular complexity index is 631. The van der Waals surface area contributed by atoms with Gasteiger partial charge in [0.2, 0.25) is 0 Å². The third-order valence-electron chi connectivity index (χ3n) is 3.63. The van der Waals surface area contributed by atoms with Crippen LogP contribution in [0.1, 0.15) is 29.8 Å². The van der Waals surface area contributed by atoms with Crippen molar-refractivity contribution in [2.75, 3.05) is 6.54 Å². The third-order valence-corrected chi connectivity index (χ3v) is 3.63. The maximum Gasteiger partial charge on any atom is 0.305 e. The minimum absolute atomic E-state index is 0.000882. The fourth-order valence-corrected chi connectivity index (χ4v) is 2.70. The number of pyridine rings is 1. The molecule has 1 amide bonds. The van der Waals surface area contributed by atoms with E-state index in [1.54, 1.807) is 15.5 Å². The van der Waals surface area contributed by atoms with Crippen molar-refractivity contribution in [3.05, 3.63) is 36.3 Å². The first-order chi connectivity index (χ1) is 9.65. The highest BCUT2D eigenvalue weighted by Gasteiger charge is 2.31. The summed E-state index contributed by atoms with van der Waals surface area (Å²) in [6, 6.07) is 5.34. The zero-order chi connectivity index (χ0) is 14.1. The van der Waals surface area contributed by atoms with Crippen LogP contribution in [0.4, 0.5) is 0 Å². The number of carbonyl (C=O) groups is 2. The van der Waals surface area contributed by atoms with Crippen LogP contribution in [0, 0.1) is 0 Å². The van der Waals surface area contributed by atoms with E-state index < -0.39 is 5.97 Å². The summed E-state index contributed by atoms with van der Waals surface area (Å²) in [5, 5.41) is 8.90. The highest BCUT2D eigenvalue weighted by Crippen LogP contribution is 2.22. The van der Waals surface area contributed by atoms with Gasteiger partial charge in [-0.25, -0.2) is 4.98 Å². The Labute approximate surface area is 115 Å². The van der Waals surface area contributed by atoms with Crippen molar-refractivity contribution in [2.45, 2.75) is 25.3 Å². The highest BCUT2D eigenvalue weighted by atomic mass is 16.4. The first-order valence-electron chi connectivity index (χ1n) is 6.61. The van der Waals surface area contributed by atoms with E-state index in [1.807, 2.05) is 24.4 Å². The molecule has 0 aromatic carbocycles. The molecule has 1 fully saturated rings. The molecule has 0 saturated carbocycles. The lowest BCUT2D eigenvalue weighted by Gasteiger charge is -2.22. The number of nitrogens with zero attached hydrogens (tertiary/aromatic N) is 3. The van der Waals surface area contributed by atoms with Crippen molar-refractivity contribution in [1.29, 1.82) is 0 Å². The number of hydrogen-bond donors (Lipinski definition) is 1. The van der Waals surface area contributed by atoms with E-state index >= 15 is 0 Å². The fourth-order valence-electron chi connectivity index (χ4n) is 2.70. The second-order valence-corrected chi connectivity index (χ2v) is 4.98. The first-order valence-corrected chi connectivity index (χ1v) is 6.61. The quantitative estimate of drug-likeness (QED) is 0.917. The molecule has 6 nitrogen and oxygen atoms in total. The van der Waals surface area contributed by atoms with Gasteiger partial charge in [0, 0.05) is 25.0 Å². The molecule has 2 aromatic rings. The molecule has 3 heterocycles. The largest absolute Gasteiger partial charge is 0.481 e. The van der Waals surface area contributed by atoms with Crippen molar-refractivity contribution in [2.24, 2.45) is 0 Å². The van der Waals surface area contributed by atoms with Gasteiger partial charge < -0.3 is 14.4 Å². The zero-order valence-electron chi connectivity index (χ0n) is 10.9. The number of aliphatic carboxylic acids is 1. The van der Waals surface area contributed by atoms with Crippen molar-refractivity contribution >= 4 is 17.5 Å². The monoisotopic (exact) mass is 273 g/mol. The van der Waals surface area contributed by atoms with Crippen LogP contribution in [0.15, 0.2) is 30.6 Å². The van der Waals surface area contributed by atoms with Gasteiger partial charge in [-0.1, -0.05) is 6.07 Å². The Kier molecular flexibility index (Phi) is 3.14. The van der Waals surface area contributed by atoms with Crippen LogP contribution >= 0.6 is 0 Å². The summed E-state index contributed by atoms with van der Waals surface area (Å²) in [4.78, 5) is 29.2. The molecule has 6 heteroatoms. The van der Waals surface area contributed by atoms with Crippen molar-refractivity contribution in [3.8, 4) is 0 Å². The molecule has 3 rings (SSSR count). The summed E-state index contributed by atoms with van der Waals surface area (Å²) in [7, 11) is 0. The van der Waals surface area contributed by atoms with Gasteiger partial charge in [0.25, 0.3) is 5.91 Å². The summed E-state index contributed by atoms with van der Waals surface area (Å²) in [6.07, 6.45) is 5.10. The molecule has 0 bridgehead atoms.